The molecule has 0 aliphatic carbocycles. The Morgan fingerprint density at radius 3 is 3.00 bits per heavy atom. The summed E-state index contributed by atoms with van der Waals surface area (Å²) < 4.78 is 5.57. The number of nitrogens with zero attached hydrogens (tertiary/aromatic N) is 1. The van der Waals surface area contributed by atoms with Crippen LogP contribution in [0.25, 0.3) is 0 Å². The summed E-state index contributed by atoms with van der Waals surface area (Å²) in [6, 6.07) is 0. The summed E-state index contributed by atoms with van der Waals surface area (Å²) in [5.74, 6) is 0. The van der Waals surface area contributed by atoms with Crippen molar-refractivity contribution in [2.24, 2.45) is 5.16 Å². The Morgan fingerprint density at radius 2 is 2.29 bits per heavy atom. The summed E-state index contributed by atoms with van der Waals surface area (Å²) in [5.41, 5.74) is 0.945. The second-order valence-electron chi connectivity index (χ2n) is 4.74. The summed E-state index contributed by atoms with van der Waals surface area (Å²) in [6.45, 7) is 5.46. The molecule has 0 aromatic rings. The van der Waals surface area contributed by atoms with Crippen molar-refractivity contribution in [1.29, 1.82) is 0 Å². The van der Waals surface area contributed by atoms with E-state index in [9.17, 15) is 5.11 Å². The lowest BCUT2D eigenvalue weighted by molar-refractivity contribution is -0.0397. The van der Waals surface area contributed by atoms with Crippen LogP contribution in [0.15, 0.2) is 5.16 Å². The number of hydrogen-bond acceptors (Lipinski definition) is 4. The zero-order valence-corrected chi connectivity index (χ0v) is 11.0. The van der Waals surface area contributed by atoms with Crippen LogP contribution in [0.1, 0.15) is 52.4 Å². The maximum atomic E-state index is 9.51. The molecule has 1 saturated heterocycles. The van der Waals surface area contributed by atoms with E-state index in [1.165, 1.54) is 12.8 Å². The van der Waals surface area contributed by atoms with Gasteiger partial charge in [0.05, 0.1) is 17.9 Å². The molecule has 4 heteroatoms. The average Bonchev–Trinajstić information content (AvgIpc) is 2.29. The van der Waals surface area contributed by atoms with E-state index in [0.29, 0.717) is 19.6 Å². The third-order valence-corrected chi connectivity index (χ3v) is 2.92. The van der Waals surface area contributed by atoms with Crippen LogP contribution in [-0.4, -0.2) is 36.2 Å². The van der Waals surface area contributed by atoms with Crippen molar-refractivity contribution >= 4 is 5.71 Å². The van der Waals surface area contributed by atoms with Crippen molar-refractivity contribution in [2.75, 3.05) is 13.2 Å². The van der Waals surface area contributed by atoms with Crippen LogP contribution in [0.4, 0.5) is 0 Å². The van der Waals surface area contributed by atoms with Crippen molar-refractivity contribution in [3.8, 4) is 0 Å². The highest BCUT2D eigenvalue weighted by Gasteiger charge is 2.21. The van der Waals surface area contributed by atoms with Crippen molar-refractivity contribution in [2.45, 2.75) is 64.6 Å². The summed E-state index contributed by atoms with van der Waals surface area (Å²) in [6.07, 6.45) is 5.54. The Hall–Kier alpha value is -0.610. The predicted octanol–water partition coefficient (Wildman–Crippen LogP) is 2.50. The van der Waals surface area contributed by atoms with Crippen LogP contribution in [0.5, 0.6) is 0 Å². The van der Waals surface area contributed by atoms with Crippen molar-refractivity contribution in [3.05, 3.63) is 0 Å². The largest absolute Gasteiger partial charge is 0.396 e. The first-order valence-corrected chi connectivity index (χ1v) is 6.67. The topological polar surface area (TPSA) is 51.0 Å². The summed E-state index contributed by atoms with van der Waals surface area (Å²) in [5, 5.41) is 13.6. The van der Waals surface area contributed by atoms with E-state index < -0.39 is 0 Å². The molecule has 1 heterocycles. The van der Waals surface area contributed by atoms with Gasteiger partial charge in [-0.2, -0.15) is 0 Å². The van der Waals surface area contributed by atoms with Crippen LogP contribution in [-0.2, 0) is 9.57 Å². The Labute approximate surface area is 104 Å². The quantitative estimate of drug-likeness (QED) is 0.424. The first-order valence-electron chi connectivity index (χ1n) is 6.67. The number of hydrogen-bond donors (Lipinski definition) is 1. The minimum atomic E-state index is -0.216. The fourth-order valence-corrected chi connectivity index (χ4v) is 1.94. The molecule has 0 radical (unpaired) electrons. The molecule has 0 saturated carbocycles. The van der Waals surface area contributed by atoms with Gasteiger partial charge in [-0.1, -0.05) is 24.9 Å². The predicted molar refractivity (Wildman–Crippen MR) is 68.2 cm³/mol. The monoisotopic (exact) mass is 243 g/mol. The molecule has 0 aromatic carbocycles. The van der Waals surface area contributed by atoms with E-state index in [1.807, 2.05) is 6.92 Å². The van der Waals surface area contributed by atoms with Gasteiger partial charge in [0, 0.05) is 13.0 Å². The number of ether oxygens (including phenoxy) is 1. The van der Waals surface area contributed by atoms with Crippen LogP contribution >= 0.6 is 0 Å². The smallest absolute Gasteiger partial charge is 0.117 e. The third-order valence-electron chi connectivity index (χ3n) is 2.92. The number of unbranched alkanes of at least 4 members (excludes halogenated alkanes) is 2. The molecule has 2 atom stereocenters. The molecular formula is C13H25NO3. The van der Waals surface area contributed by atoms with Gasteiger partial charge in [0.1, 0.15) is 6.61 Å². The molecule has 17 heavy (non-hydrogen) atoms. The van der Waals surface area contributed by atoms with Crippen LogP contribution in [0.2, 0.25) is 0 Å². The Balaban J connectivity index is 2.14. The molecule has 1 rings (SSSR count). The first-order chi connectivity index (χ1) is 8.22. The molecular weight excluding hydrogens is 218 g/mol. The van der Waals surface area contributed by atoms with E-state index in [1.54, 1.807) is 0 Å². The molecule has 2 unspecified atom stereocenters. The highest BCUT2D eigenvalue weighted by atomic mass is 16.6. The molecule has 100 valence electrons. The Morgan fingerprint density at radius 1 is 1.47 bits per heavy atom. The maximum Gasteiger partial charge on any atom is 0.117 e. The number of rotatable bonds is 7. The first kappa shape index (κ1) is 14.5. The summed E-state index contributed by atoms with van der Waals surface area (Å²) >= 11 is 0. The highest BCUT2D eigenvalue weighted by Crippen LogP contribution is 2.16. The second kappa shape index (κ2) is 8.48. The van der Waals surface area contributed by atoms with Crippen molar-refractivity contribution in [3.63, 3.8) is 0 Å². The van der Waals surface area contributed by atoms with Crippen LogP contribution < -0.4 is 0 Å². The SMILES string of the molecule is CCCCCO/N=C(\C)CC1CC(O)CCO1. The maximum absolute atomic E-state index is 9.51. The van der Waals surface area contributed by atoms with Crippen molar-refractivity contribution < 1.29 is 14.7 Å². The fourth-order valence-electron chi connectivity index (χ4n) is 1.94. The van der Waals surface area contributed by atoms with Crippen molar-refractivity contribution in [1.82, 2.24) is 0 Å². The Kier molecular flexibility index (Phi) is 7.21. The van der Waals surface area contributed by atoms with E-state index >= 15 is 0 Å². The van der Waals surface area contributed by atoms with Gasteiger partial charge >= 0.3 is 0 Å². The zero-order chi connectivity index (χ0) is 12.5. The van der Waals surface area contributed by atoms with E-state index in [2.05, 4.69) is 12.1 Å². The molecule has 1 aliphatic heterocycles. The van der Waals surface area contributed by atoms with E-state index in [0.717, 1.165) is 25.0 Å². The van der Waals surface area contributed by atoms with Gasteiger partial charge in [-0.25, -0.2) is 0 Å². The lowest BCUT2D eigenvalue weighted by atomic mass is 10.0. The molecule has 1 fully saturated rings. The van der Waals surface area contributed by atoms with E-state index in [-0.39, 0.29) is 12.2 Å². The minimum Gasteiger partial charge on any atom is -0.396 e. The lowest BCUT2D eigenvalue weighted by Crippen LogP contribution is -2.30. The lowest BCUT2D eigenvalue weighted by Gasteiger charge is -2.26. The van der Waals surface area contributed by atoms with Gasteiger partial charge in [0.25, 0.3) is 0 Å². The van der Waals surface area contributed by atoms with Gasteiger partial charge in [0.15, 0.2) is 0 Å². The molecule has 0 amide bonds. The van der Waals surface area contributed by atoms with Gasteiger partial charge in [-0.3, -0.25) is 0 Å². The second-order valence-corrected chi connectivity index (χ2v) is 4.74. The van der Waals surface area contributed by atoms with Gasteiger partial charge in [-0.15, -0.1) is 0 Å². The molecule has 0 aromatic heterocycles. The number of aliphatic hydroxyl groups is 1. The van der Waals surface area contributed by atoms with Gasteiger partial charge in [-0.05, 0) is 26.2 Å². The normalized spacial score (nSPS) is 25.9. The van der Waals surface area contributed by atoms with Crippen LogP contribution in [0.3, 0.4) is 0 Å². The molecule has 4 nitrogen and oxygen atoms in total. The minimum absolute atomic E-state index is 0.0988. The molecule has 1 aliphatic rings. The highest BCUT2D eigenvalue weighted by molar-refractivity contribution is 5.81. The standard InChI is InChI=1S/C13H25NO3/c1-3-4-5-7-17-14-11(2)9-13-10-12(15)6-8-16-13/h12-13,15H,3-10H2,1-2H3/b14-11+. The Bertz CT molecular complexity index is 231. The zero-order valence-electron chi connectivity index (χ0n) is 11.0. The third kappa shape index (κ3) is 6.64. The molecule has 0 bridgehead atoms. The van der Waals surface area contributed by atoms with E-state index in [4.69, 9.17) is 9.57 Å². The molecule has 1 N–H and O–H groups in total. The average molecular weight is 243 g/mol. The fraction of sp³-hybridized carbons (Fsp3) is 0.923. The molecule has 0 spiro atoms. The number of oxime groups is 1. The van der Waals surface area contributed by atoms with Crippen LogP contribution in [0, 0.1) is 0 Å². The summed E-state index contributed by atoms with van der Waals surface area (Å²) in [7, 11) is 0. The number of aliphatic hydroxyl groups excluding tert-OH is 1. The van der Waals surface area contributed by atoms with Gasteiger partial charge in [0.2, 0.25) is 0 Å². The van der Waals surface area contributed by atoms with Gasteiger partial charge < -0.3 is 14.7 Å². The summed E-state index contributed by atoms with van der Waals surface area (Å²) in [4.78, 5) is 5.24.